The van der Waals surface area contributed by atoms with Crippen molar-refractivity contribution in [2.45, 2.75) is 6.10 Å². The zero-order chi connectivity index (χ0) is 21.6. The Balaban J connectivity index is 1.38. The Morgan fingerprint density at radius 2 is 1.77 bits per heavy atom. The molecule has 0 aliphatic carbocycles. The van der Waals surface area contributed by atoms with Crippen molar-refractivity contribution >= 4 is 10.8 Å². The summed E-state index contributed by atoms with van der Waals surface area (Å²) < 4.78 is 13.3. The van der Waals surface area contributed by atoms with E-state index in [4.69, 9.17) is 9.47 Å². The van der Waals surface area contributed by atoms with Crippen LogP contribution >= 0.6 is 0 Å². The first kappa shape index (κ1) is 21.8. The number of aryl methyl sites for hydroxylation is 1. The fraction of sp³-hybridized carbons (Fsp3) is 0.440. The van der Waals surface area contributed by atoms with Gasteiger partial charge in [0.25, 0.3) is 0 Å². The number of β-amino-alcohol motifs (C(OH)–C–C–N with tert-alkyl or cyclic N) is 1. The quantitative estimate of drug-likeness (QED) is 0.574. The summed E-state index contributed by atoms with van der Waals surface area (Å²) in [7, 11) is 3.79. The summed E-state index contributed by atoms with van der Waals surface area (Å²) in [5.41, 5.74) is 2.29. The van der Waals surface area contributed by atoms with Crippen LogP contribution in [0.25, 0.3) is 22.0 Å². The Labute approximate surface area is 184 Å². The van der Waals surface area contributed by atoms with E-state index in [1.807, 2.05) is 6.07 Å². The van der Waals surface area contributed by atoms with Gasteiger partial charge in [-0.1, -0.05) is 24.3 Å². The van der Waals surface area contributed by atoms with E-state index >= 15 is 0 Å². The number of fused-ring (bicyclic) bond motifs is 1. The van der Waals surface area contributed by atoms with E-state index in [-0.39, 0.29) is 6.61 Å². The monoisotopic (exact) mass is 423 g/mol. The minimum atomic E-state index is -0.518. The first-order valence-corrected chi connectivity index (χ1v) is 11.0. The summed E-state index contributed by atoms with van der Waals surface area (Å²) in [6, 6.07) is 16.7. The number of aromatic nitrogens is 1. The van der Waals surface area contributed by atoms with E-state index in [9.17, 15) is 5.11 Å². The fourth-order valence-corrected chi connectivity index (χ4v) is 4.28. The summed E-state index contributed by atoms with van der Waals surface area (Å²) in [6.07, 6.45) is 1.53. The van der Waals surface area contributed by atoms with Gasteiger partial charge in [-0.15, -0.1) is 0 Å². The summed E-state index contributed by atoms with van der Waals surface area (Å²) in [6.45, 7) is 6.63. The third kappa shape index (κ3) is 5.46. The van der Waals surface area contributed by atoms with Gasteiger partial charge in [0, 0.05) is 70.9 Å². The number of hydrogen-bond donors (Lipinski definition) is 1. The number of aliphatic hydroxyl groups excluding tert-OH is 1. The fourth-order valence-electron chi connectivity index (χ4n) is 4.28. The van der Waals surface area contributed by atoms with Crippen LogP contribution in [0, 0.1) is 0 Å². The molecular weight excluding hydrogens is 390 g/mol. The molecule has 1 N–H and O–H groups in total. The third-order valence-electron chi connectivity index (χ3n) is 6.04. The third-order valence-corrected chi connectivity index (χ3v) is 6.04. The zero-order valence-corrected chi connectivity index (χ0v) is 18.5. The summed E-state index contributed by atoms with van der Waals surface area (Å²) in [5, 5.41) is 12.9. The van der Waals surface area contributed by atoms with Gasteiger partial charge in [0.15, 0.2) is 0 Å². The molecule has 1 unspecified atom stereocenters. The smallest absolute Gasteiger partial charge is 0.120 e. The predicted molar refractivity (Wildman–Crippen MR) is 125 cm³/mol. The molecule has 2 aromatic carbocycles. The first-order valence-electron chi connectivity index (χ1n) is 11.0. The van der Waals surface area contributed by atoms with Crippen LogP contribution in [-0.2, 0) is 11.8 Å². The zero-order valence-electron chi connectivity index (χ0n) is 18.5. The molecule has 0 amide bonds. The molecule has 0 bridgehead atoms. The van der Waals surface area contributed by atoms with Gasteiger partial charge in [0.2, 0.25) is 0 Å². The summed E-state index contributed by atoms with van der Waals surface area (Å²) >= 11 is 0. The van der Waals surface area contributed by atoms with Gasteiger partial charge in [-0.3, -0.25) is 9.80 Å². The molecule has 0 saturated carbocycles. The van der Waals surface area contributed by atoms with Gasteiger partial charge in [0.1, 0.15) is 18.5 Å². The Kier molecular flexibility index (Phi) is 7.25. The van der Waals surface area contributed by atoms with Crippen molar-refractivity contribution in [3.05, 3.63) is 54.7 Å². The minimum Gasteiger partial charge on any atom is -0.491 e. The van der Waals surface area contributed by atoms with Crippen molar-refractivity contribution < 1.29 is 14.6 Å². The summed E-state index contributed by atoms with van der Waals surface area (Å²) in [4.78, 5) is 4.72. The van der Waals surface area contributed by atoms with Crippen LogP contribution in [0.2, 0.25) is 0 Å². The van der Waals surface area contributed by atoms with Crippen molar-refractivity contribution in [3.8, 4) is 17.0 Å². The molecule has 6 heteroatoms. The Morgan fingerprint density at radius 1 is 1.00 bits per heavy atom. The van der Waals surface area contributed by atoms with Crippen LogP contribution in [0.1, 0.15) is 0 Å². The topological polar surface area (TPSA) is 50.1 Å². The standard InChI is InChI=1S/C25H33N3O3/c1-26-9-5-8-25(26)24-17-22(16-20-6-3-4-7-23(20)24)31-19-21(29)18-28-12-10-27(11-13-28)14-15-30-2/h3-9,16-17,21,29H,10-15,18-19H2,1-2H3. The number of ether oxygens (including phenoxy) is 2. The highest BCUT2D eigenvalue weighted by atomic mass is 16.5. The first-order chi connectivity index (χ1) is 15.1. The van der Waals surface area contributed by atoms with Crippen molar-refractivity contribution in [2.24, 2.45) is 7.05 Å². The molecule has 1 saturated heterocycles. The van der Waals surface area contributed by atoms with Crippen molar-refractivity contribution in [2.75, 3.05) is 59.6 Å². The van der Waals surface area contributed by atoms with E-state index < -0.39 is 6.10 Å². The second-order valence-corrected chi connectivity index (χ2v) is 8.30. The molecular formula is C25H33N3O3. The molecule has 4 rings (SSSR count). The second kappa shape index (κ2) is 10.3. The molecule has 1 aliphatic rings. The highest BCUT2D eigenvalue weighted by molar-refractivity contribution is 5.97. The molecule has 3 aromatic rings. The van der Waals surface area contributed by atoms with Gasteiger partial charge >= 0.3 is 0 Å². The van der Waals surface area contributed by atoms with Crippen LogP contribution in [0.3, 0.4) is 0 Å². The molecule has 1 fully saturated rings. The normalized spacial score (nSPS) is 16.6. The van der Waals surface area contributed by atoms with Gasteiger partial charge < -0.3 is 19.1 Å². The number of nitrogens with zero attached hydrogens (tertiary/aromatic N) is 3. The van der Waals surface area contributed by atoms with Gasteiger partial charge in [-0.25, -0.2) is 0 Å². The molecule has 166 valence electrons. The van der Waals surface area contributed by atoms with Crippen LogP contribution in [0.5, 0.6) is 5.75 Å². The highest BCUT2D eigenvalue weighted by Gasteiger charge is 2.19. The van der Waals surface area contributed by atoms with Crippen LogP contribution < -0.4 is 4.74 Å². The maximum Gasteiger partial charge on any atom is 0.120 e. The SMILES string of the molecule is COCCN1CCN(CC(O)COc2cc(-c3cccn3C)c3ccccc3c2)CC1. The number of aliphatic hydroxyl groups is 1. The van der Waals surface area contributed by atoms with E-state index in [2.05, 4.69) is 70.1 Å². The molecule has 31 heavy (non-hydrogen) atoms. The molecule has 2 heterocycles. The number of piperazine rings is 1. The van der Waals surface area contributed by atoms with E-state index in [0.717, 1.165) is 61.7 Å². The average molecular weight is 424 g/mol. The lowest BCUT2D eigenvalue weighted by Gasteiger charge is -2.35. The lowest BCUT2D eigenvalue weighted by molar-refractivity contribution is 0.0405. The average Bonchev–Trinajstić information content (AvgIpc) is 3.22. The van der Waals surface area contributed by atoms with E-state index in [0.29, 0.717) is 6.54 Å². The lowest BCUT2D eigenvalue weighted by Crippen LogP contribution is -2.49. The Hall–Kier alpha value is -2.38. The largest absolute Gasteiger partial charge is 0.491 e. The minimum absolute atomic E-state index is 0.287. The van der Waals surface area contributed by atoms with Gasteiger partial charge in [-0.2, -0.15) is 0 Å². The lowest BCUT2D eigenvalue weighted by atomic mass is 10.0. The van der Waals surface area contributed by atoms with Crippen molar-refractivity contribution in [3.63, 3.8) is 0 Å². The maximum atomic E-state index is 10.6. The van der Waals surface area contributed by atoms with Gasteiger partial charge in [0.05, 0.1) is 6.61 Å². The second-order valence-electron chi connectivity index (χ2n) is 8.30. The molecule has 1 aromatic heterocycles. The van der Waals surface area contributed by atoms with E-state index in [1.54, 1.807) is 7.11 Å². The Bertz CT molecular complexity index is 979. The van der Waals surface area contributed by atoms with Crippen molar-refractivity contribution in [1.29, 1.82) is 0 Å². The van der Waals surface area contributed by atoms with Crippen LogP contribution in [-0.4, -0.2) is 85.2 Å². The predicted octanol–water partition coefficient (Wildman–Crippen LogP) is 2.85. The van der Waals surface area contributed by atoms with E-state index in [1.165, 1.54) is 5.39 Å². The van der Waals surface area contributed by atoms with Crippen molar-refractivity contribution in [1.82, 2.24) is 14.4 Å². The summed E-state index contributed by atoms with van der Waals surface area (Å²) in [5.74, 6) is 0.790. The molecule has 6 nitrogen and oxygen atoms in total. The molecule has 0 spiro atoms. The van der Waals surface area contributed by atoms with Crippen LogP contribution in [0.4, 0.5) is 0 Å². The number of methoxy groups -OCH3 is 1. The molecule has 1 atom stereocenters. The highest BCUT2D eigenvalue weighted by Crippen LogP contribution is 2.33. The molecule has 1 aliphatic heterocycles. The number of benzene rings is 2. The van der Waals surface area contributed by atoms with Crippen LogP contribution in [0.15, 0.2) is 54.7 Å². The Morgan fingerprint density at radius 3 is 2.52 bits per heavy atom. The number of hydrogen-bond acceptors (Lipinski definition) is 5. The number of rotatable bonds is 9. The maximum absolute atomic E-state index is 10.6. The van der Waals surface area contributed by atoms with Gasteiger partial charge in [-0.05, 0) is 35.0 Å². The molecule has 0 radical (unpaired) electrons.